The number of hydrogen-bond donors (Lipinski definition) is 1. The highest BCUT2D eigenvalue weighted by Gasteiger charge is 2.47. The fraction of sp³-hybridized carbons (Fsp3) is 0.167. The molecule has 1 heterocycles. The van der Waals surface area contributed by atoms with E-state index in [0.717, 1.165) is 6.07 Å². The number of hydrogen-bond acceptors (Lipinski definition) is 4. The first-order valence-electron chi connectivity index (χ1n) is 5.48. The average molecular weight is 305 g/mol. The molecule has 8 heteroatoms. The zero-order valence-electron chi connectivity index (χ0n) is 10.0. The first-order valence-corrected chi connectivity index (χ1v) is 6.96. The van der Waals surface area contributed by atoms with Crippen molar-refractivity contribution in [2.24, 2.45) is 0 Å². The van der Waals surface area contributed by atoms with Gasteiger partial charge in [0.1, 0.15) is 0 Å². The number of furan rings is 1. The molecule has 0 aliphatic rings. The summed E-state index contributed by atoms with van der Waals surface area (Å²) in [7, 11) is -5.38. The SMILES string of the molecule is O=S(=O)(c1ccccc1NCc1ccoc1)C(F)(F)F. The van der Waals surface area contributed by atoms with E-state index in [-0.39, 0.29) is 12.2 Å². The molecule has 0 fully saturated rings. The summed E-state index contributed by atoms with van der Waals surface area (Å²) in [6, 6.07) is 6.50. The van der Waals surface area contributed by atoms with Crippen LogP contribution in [0.5, 0.6) is 0 Å². The quantitative estimate of drug-likeness (QED) is 0.942. The van der Waals surface area contributed by atoms with Crippen molar-refractivity contribution in [1.29, 1.82) is 0 Å². The van der Waals surface area contributed by atoms with Crippen LogP contribution in [0.2, 0.25) is 0 Å². The molecule has 0 aliphatic carbocycles. The predicted octanol–water partition coefficient (Wildman–Crippen LogP) is 3.19. The molecule has 0 unspecified atom stereocenters. The fourth-order valence-corrected chi connectivity index (χ4v) is 2.50. The van der Waals surface area contributed by atoms with Gasteiger partial charge < -0.3 is 9.73 Å². The molecule has 0 saturated carbocycles. The van der Waals surface area contributed by atoms with Gasteiger partial charge in [0.15, 0.2) is 0 Å². The number of nitrogens with one attached hydrogen (secondary N) is 1. The van der Waals surface area contributed by atoms with Crippen molar-refractivity contribution in [3.63, 3.8) is 0 Å². The molecule has 0 radical (unpaired) electrons. The van der Waals surface area contributed by atoms with Crippen molar-refractivity contribution in [3.05, 3.63) is 48.4 Å². The van der Waals surface area contributed by atoms with E-state index >= 15 is 0 Å². The minimum absolute atomic E-state index is 0.106. The summed E-state index contributed by atoms with van der Waals surface area (Å²) in [5.74, 6) is 0. The summed E-state index contributed by atoms with van der Waals surface area (Å²) < 4.78 is 65.5. The number of alkyl halides is 3. The Morgan fingerprint density at radius 2 is 1.85 bits per heavy atom. The highest BCUT2D eigenvalue weighted by Crippen LogP contribution is 2.34. The van der Waals surface area contributed by atoms with E-state index in [2.05, 4.69) is 5.32 Å². The van der Waals surface area contributed by atoms with Crippen LogP contribution in [0.15, 0.2) is 52.2 Å². The summed E-state index contributed by atoms with van der Waals surface area (Å²) in [5.41, 5.74) is -4.75. The standard InChI is InChI=1S/C12H10F3NO3S/c13-12(14,15)20(17,18)11-4-2-1-3-10(11)16-7-9-5-6-19-8-9/h1-6,8,16H,7H2. The van der Waals surface area contributed by atoms with Gasteiger partial charge in [-0.15, -0.1) is 0 Å². The minimum Gasteiger partial charge on any atom is -0.472 e. The first-order chi connectivity index (χ1) is 9.32. The van der Waals surface area contributed by atoms with Crippen LogP contribution >= 0.6 is 0 Å². The Labute approximate surface area is 113 Å². The van der Waals surface area contributed by atoms with Crippen molar-refractivity contribution in [3.8, 4) is 0 Å². The number of halogens is 3. The minimum atomic E-state index is -5.38. The maximum atomic E-state index is 12.6. The largest absolute Gasteiger partial charge is 0.501 e. The van der Waals surface area contributed by atoms with Gasteiger partial charge in [0.2, 0.25) is 0 Å². The molecule has 1 aromatic carbocycles. The Balaban J connectivity index is 2.32. The van der Waals surface area contributed by atoms with E-state index in [9.17, 15) is 21.6 Å². The van der Waals surface area contributed by atoms with Gasteiger partial charge in [-0.1, -0.05) is 12.1 Å². The van der Waals surface area contributed by atoms with Gasteiger partial charge in [0.05, 0.1) is 23.1 Å². The monoisotopic (exact) mass is 305 g/mol. The van der Waals surface area contributed by atoms with E-state index in [0.29, 0.717) is 5.56 Å². The summed E-state index contributed by atoms with van der Waals surface area (Å²) in [5, 5.41) is 2.65. The molecule has 0 amide bonds. The normalized spacial score (nSPS) is 12.3. The third kappa shape index (κ3) is 2.79. The topological polar surface area (TPSA) is 59.3 Å². The second-order valence-corrected chi connectivity index (χ2v) is 5.84. The Morgan fingerprint density at radius 3 is 2.45 bits per heavy atom. The Hall–Kier alpha value is -1.96. The molecule has 108 valence electrons. The third-order valence-corrected chi connectivity index (χ3v) is 4.09. The van der Waals surface area contributed by atoms with Gasteiger partial charge in [-0.05, 0) is 18.2 Å². The lowest BCUT2D eigenvalue weighted by atomic mass is 10.3. The van der Waals surface area contributed by atoms with E-state index in [4.69, 9.17) is 4.42 Å². The van der Waals surface area contributed by atoms with E-state index in [1.807, 2.05) is 0 Å². The molecule has 0 spiro atoms. The Kier molecular flexibility index (Phi) is 3.76. The van der Waals surface area contributed by atoms with Crippen LogP contribution < -0.4 is 5.32 Å². The maximum absolute atomic E-state index is 12.6. The molecule has 0 bridgehead atoms. The van der Waals surface area contributed by atoms with Crippen LogP contribution in [0.4, 0.5) is 18.9 Å². The zero-order chi connectivity index (χ0) is 14.8. The molecular formula is C12H10F3NO3S. The van der Waals surface area contributed by atoms with Crippen molar-refractivity contribution in [2.45, 2.75) is 16.9 Å². The number of sulfone groups is 1. The van der Waals surface area contributed by atoms with Crippen molar-refractivity contribution in [1.82, 2.24) is 0 Å². The molecule has 1 aromatic heterocycles. The van der Waals surface area contributed by atoms with Crippen LogP contribution in [0.3, 0.4) is 0 Å². The molecule has 1 N–H and O–H groups in total. The Morgan fingerprint density at radius 1 is 1.15 bits per heavy atom. The Bertz CT molecular complexity index is 678. The second-order valence-electron chi connectivity index (χ2n) is 3.93. The van der Waals surface area contributed by atoms with Gasteiger partial charge in [0.25, 0.3) is 9.84 Å². The lowest BCUT2D eigenvalue weighted by Crippen LogP contribution is -2.24. The lowest BCUT2D eigenvalue weighted by molar-refractivity contribution is -0.0435. The van der Waals surface area contributed by atoms with E-state index < -0.39 is 20.2 Å². The zero-order valence-corrected chi connectivity index (χ0v) is 10.8. The number of anilines is 1. The predicted molar refractivity (Wildman–Crippen MR) is 65.7 cm³/mol. The average Bonchev–Trinajstić information content (AvgIpc) is 2.88. The van der Waals surface area contributed by atoms with Crippen molar-refractivity contribution in [2.75, 3.05) is 5.32 Å². The first kappa shape index (κ1) is 14.4. The summed E-state index contributed by atoms with van der Waals surface area (Å²) in [6.07, 6.45) is 2.82. The number of para-hydroxylation sites is 1. The summed E-state index contributed by atoms with van der Waals surface area (Å²) in [6.45, 7) is 0.154. The number of rotatable bonds is 4. The van der Waals surface area contributed by atoms with Gasteiger partial charge in [-0.2, -0.15) is 13.2 Å². The summed E-state index contributed by atoms with van der Waals surface area (Å²) in [4.78, 5) is -0.795. The maximum Gasteiger partial charge on any atom is 0.501 e. The molecule has 4 nitrogen and oxygen atoms in total. The summed E-state index contributed by atoms with van der Waals surface area (Å²) >= 11 is 0. The van der Waals surface area contributed by atoms with Crippen molar-refractivity contribution < 1.29 is 26.0 Å². The number of benzene rings is 1. The fourth-order valence-electron chi connectivity index (χ4n) is 1.56. The van der Waals surface area contributed by atoms with E-state index in [1.54, 1.807) is 6.07 Å². The molecule has 2 rings (SSSR count). The van der Waals surface area contributed by atoms with Gasteiger partial charge in [-0.3, -0.25) is 0 Å². The van der Waals surface area contributed by atoms with Crippen LogP contribution in [0.25, 0.3) is 0 Å². The van der Waals surface area contributed by atoms with Gasteiger partial charge in [0, 0.05) is 12.1 Å². The van der Waals surface area contributed by atoms with Crippen LogP contribution in [-0.2, 0) is 16.4 Å². The van der Waals surface area contributed by atoms with Gasteiger partial charge in [-0.25, -0.2) is 8.42 Å². The van der Waals surface area contributed by atoms with Crippen LogP contribution in [0.1, 0.15) is 5.56 Å². The molecule has 0 saturated heterocycles. The lowest BCUT2D eigenvalue weighted by Gasteiger charge is -2.13. The molecule has 0 aliphatic heterocycles. The second kappa shape index (κ2) is 5.20. The smallest absolute Gasteiger partial charge is 0.472 e. The van der Waals surface area contributed by atoms with E-state index in [1.165, 1.54) is 30.7 Å². The molecule has 2 aromatic rings. The van der Waals surface area contributed by atoms with Crippen LogP contribution in [0, 0.1) is 0 Å². The highest BCUT2D eigenvalue weighted by atomic mass is 32.2. The molecule has 0 atom stereocenters. The highest BCUT2D eigenvalue weighted by molar-refractivity contribution is 7.92. The third-order valence-electron chi connectivity index (χ3n) is 2.54. The molecular weight excluding hydrogens is 295 g/mol. The molecule has 20 heavy (non-hydrogen) atoms. The van der Waals surface area contributed by atoms with Gasteiger partial charge >= 0.3 is 5.51 Å². The van der Waals surface area contributed by atoms with Crippen LogP contribution in [-0.4, -0.2) is 13.9 Å². The van der Waals surface area contributed by atoms with Crippen molar-refractivity contribution >= 4 is 15.5 Å².